The highest BCUT2D eigenvalue weighted by molar-refractivity contribution is 8.13. The number of hydrogen-bond donors (Lipinski definition) is 0. The monoisotopic (exact) mass is 216 g/mol. The van der Waals surface area contributed by atoms with Crippen LogP contribution in [0.2, 0.25) is 0 Å². The molecular formula is C8H12N2O3S. The zero-order valence-corrected chi connectivity index (χ0v) is 9.08. The van der Waals surface area contributed by atoms with Crippen LogP contribution in [0.25, 0.3) is 0 Å². The Labute approximate surface area is 86.9 Å². The lowest BCUT2D eigenvalue weighted by molar-refractivity contribution is -0.134. The molecule has 0 aliphatic heterocycles. The van der Waals surface area contributed by atoms with Crippen LogP contribution in [0.1, 0.15) is 0 Å². The van der Waals surface area contributed by atoms with Crippen LogP contribution in [-0.4, -0.2) is 38.0 Å². The van der Waals surface area contributed by atoms with Crippen LogP contribution in [-0.2, 0) is 14.3 Å². The summed E-state index contributed by atoms with van der Waals surface area (Å²) in [6.45, 7) is 0. The van der Waals surface area contributed by atoms with Crippen LogP contribution in [0.15, 0.2) is 22.3 Å². The first-order valence-corrected chi connectivity index (χ1v) is 4.88. The predicted octanol–water partition coefficient (Wildman–Crippen LogP) is 1.07. The molecule has 0 aromatic rings. The number of carbonyl (C=O) groups excluding carboxylic acids is 1. The van der Waals surface area contributed by atoms with E-state index in [0.29, 0.717) is 5.17 Å². The van der Waals surface area contributed by atoms with Crippen molar-refractivity contribution in [1.82, 2.24) is 0 Å². The van der Waals surface area contributed by atoms with E-state index in [0.717, 1.165) is 0 Å². The summed E-state index contributed by atoms with van der Waals surface area (Å²) in [5.74, 6) is -0.454. The van der Waals surface area contributed by atoms with E-state index < -0.39 is 5.97 Å². The van der Waals surface area contributed by atoms with Crippen molar-refractivity contribution < 1.29 is 14.3 Å². The number of amidine groups is 1. The third-order valence-electron chi connectivity index (χ3n) is 1.05. The molecule has 0 heterocycles. The molecule has 0 amide bonds. The summed E-state index contributed by atoms with van der Waals surface area (Å²) in [6.07, 6.45) is 5.61. The average molecular weight is 216 g/mol. The number of esters is 1. The maximum Gasteiger partial charge on any atom is 0.332 e. The third-order valence-corrected chi connectivity index (χ3v) is 1.62. The van der Waals surface area contributed by atoms with Gasteiger partial charge in [-0.05, 0) is 6.26 Å². The molecule has 0 spiro atoms. The lowest BCUT2D eigenvalue weighted by atomic mass is 10.6. The van der Waals surface area contributed by atoms with E-state index in [2.05, 4.69) is 19.5 Å². The Kier molecular flexibility index (Phi) is 7.53. The molecule has 0 aromatic heterocycles. The summed E-state index contributed by atoms with van der Waals surface area (Å²) < 4.78 is 9.00. The Morgan fingerprint density at radius 2 is 2.14 bits per heavy atom. The average Bonchev–Trinajstić information content (AvgIpc) is 2.22. The summed E-state index contributed by atoms with van der Waals surface area (Å²) in [6, 6.07) is 0. The van der Waals surface area contributed by atoms with Gasteiger partial charge in [0.15, 0.2) is 11.6 Å². The Bertz CT molecular complexity index is 261. The highest BCUT2D eigenvalue weighted by atomic mass is 32.2. The Balaban J connectivity index is 4.24. The minimum absolute atomic E-state index is 0.454. The van der Waals surface area contributed by atoms with Gasteiger partial charge in [0.1, 0.15) is 0 Å². The fourth-order valence-corrected chi connectivity index (χ4v) is 0.781. The maximum absolute atomic E-state index is 10.6. The van der Waals surface area contributed by atoms with Crippen LogP contribution in [0.4, 0.5) is 0 Å². The normalized spacial score (nSPS) is 12.4. The van der Waals surface area contributed by atoms with Gasteiger partial charge in [-0.15, -0.1) is 0 Å². The predicted molar refractivity (Wildman–Crippen MR) is 57.6 cm³/mol. The van der Waals surface area contributed by atoms with E-state index in [1.807, 2.05) is 6.26 Å². The first-order valence-electron chi connectivity index (χ1n) is 3.66. The first kappa shape index (κ1) is 12.7. The van der Waals surface area contributed by atoms with Gasteiger partial charge in [-0.25, -0.2) is 9.79 Å². The van der Waals surface area contributed by atoms with Gasteiger partial charge in [-0.2, -0.15) is 4.99 Å². The van der Waals surface area contributed by atoms with E-state index in [1.165, 1.54) is 44.7 Å². The SMILES string of the molecule is COC=NC(=N/C=C/C(=O)OC)SC. The molecule has 0 aliphatic rings. The largest absolute Gasteiger partial charge is 0.486 e. The third kappa shape index (κ3) is 6.24. The molecule has 0 atom stereocenters. The van der Waals surface area contributed by atoms with Crippen molar-refractivity contribution in [2.75, 3.05) is 20.5 Å². The molecule has 0 unspecified atom stereocenters. The summed E-state index contributed by atoms with van der Waals surface area (Å²) in [7, 11) is 2.79. The van der Waals surface area contributed by atoms with Gasteiger partial charge >= 0.3 is 5.97 Å². The van der Waals surface area contributed by atoms with Gasteiger partial charge in [-0.1, -0.05) is 11.8 Å². The van der Waals surface area contributed by atoms with Gasteiger partial charge in [0, 0.05) is 12.3 Å². The number of hydrogen-bond acceptors (Lipinski definition) is 5. The van der Waals surface area contributed by atoms with Gasteiger partial charge in [0.05, 0.1) is 14.2 Å². The number of rotatable bonds is 3. The number of thioether (sulfide) groups is 1. The number of methoxy groups -OCH3 is 2. The van der Waals surface area contributed by atoms with E-state index in [4.69, 9.17) is 0 Å². The van der Waals surface area contributed by atoms with Crippen LogP contribution in [0.5, 0.6) is 0 Å². The summed E-state index contributed by atoms with van der Waals surface area (Å²) in [5, 5.41) is 0.493. The molecule has 14 heavy (non-hydrogen) atoms. The molecule has 78 valence electrons. The molecule has 0 saturated carbocycles. The van der Waals surface area contributed by atoms with Crippen molar-refractivity contribution in [1.29, 1.82) is 0 Å². The van der Waals surface area contributed by atoms with Crippen LogP contribution < -0.4 is 0 Å². The number of aliphatic imine (C=N–C) groups is 2. The molecule has 6 heteroatoms. The summed E-state index contributed by atoms with van der Waals surface area (Å²) >= 11 is 1.34. The molecule has 0 saturated heterocycles. The second-order valence-corrected chi connectivity index (χ2v) is 2.70. The van der Waals surface area contributed by atoms with Crippen molar-refractivity contribution in [3.8, 4) is 0 Å². The second kappa shape index (κ2) is 8.31. The summed E-state index contributed by atoms with van der Waals surface area (Å²) in [5.41, 5.74) is 0. The lowest BCUT2D eigenvalue weighted by Crippen LogP contribution is -1.93. The van der Waals surface area contributed by atoms with Gasteiger partial charge in [0.25, 0.3) is 0 Å². The molecule has 0 N–H and O–H groups in total. The second-order valence-electron chi connectivity index (χ2n) is 1.92. The smallest absolute Gasteiger partial charge is 0.332 e. The van der Waals surface area contributed by atoms with E-state index in [1.54, 1.807) is 0 Å². The van der Waals surface area contributed by atoms with Gasteiger partial charge in [0.2, 0.25) is 0 Å². The van der Waals surface area contributed by atoms with Crippen LogP contribution >= 0.6 is 11.8 Å². The van der Waals surface area contributed by atoms with E-state index >= 15 is 0 Å². The molecule has 0 rings (SSSR count). The molecule has 0 fully saturated rings. The van der Waals surface area contributed by atoms with Crippen LogP contribution in [0, 0.1) is 0 Å². The zero-order valence-electron chi connectivity index (χ0n) is 8.26. The van der Waals surface area contributed by atoms with Crippen molar-refractivity contribution in [2.24, 2.45) is 9.98 Å². The quantitative estimate of drug-likeness (QED) is 0.306. The summed E-state index contributed by atoms with van der Waals surface area (Å²) in [4.78, 5) is 18.4. The fraction of sp³-hybridized carbons (Fsp3) is 0.375. The molecule has 5 nitrogen and oxygen atoms in total. The van der Waals surface area contributed by atoms with E-state index in [9.17, 15) is 4.79 Å². The Morgan fingerprint density at radius 3 is 2.64 bits per heavy atom. The molecule has 0 aromatic carbocycles. The Hall–Kier alpha value is -1.30. The highest BCUT2D eigenvalue weighted by Crippen LogP contribution is 1.99. The fourth-order valence-electron chi connectivity index (χ4n) is 0.466. The van der Waals surface area contributed by atoms with Gasteiger partial charge < -0.3 is 9.47 Å². The maximum atomic E-state index is 10.6. The molecule has 0 aliphatic carbocycles. The topological polar surface area (TPSA) is 60.2 Å². The highest BCUT2D eigenvalue weighted by Gasteiger charge is 1.91. The lowest BCUT2D eigenvalue weighted by Gasteiger charge is -1.92. The minimum Gasteiger partial charge on any atom is -0.486 e. The Morgan fingerprint density at radius 1 is 1.43 bits per heavy atom. The van der Waals surface area contributed by atoms with Crippen molar-refractivity contribution in [2.45, 2.75) is 0 Å². The first-order chi connectivity index (χ1) is 6.74. The molecule has 0 bridgehead atoms. The van der Waals surface area contributed by atoms with Crippen molar-refractivity contribution in [3.63, 3.8) is 0 Å². The minimum atomic E-state index is -0.454. The number of ether oxygens (including phenoxy) is 2. The molecule has 0 radical (unpaired) electrons. The van der Waals surface area contributed by atoms with Crippen LogP contribution in [0.3, 0.4) is 0 Å². The number of carbonyl (C=O) groups is 1. The van der Waals surface area contributed by atoms with Crippen molar-refractivity contribution in [3.05, 3.63) is 12.3 Å². The molecular weight excluding hydrogens is 204 g/mol. The van der Waals surface area contributed by atoms with E-state index in [-0.39, 0.29) is 0 Å². The van der Waals surface area contributed by atoms with Gasteiger partial charge in [-0.3, -0.25) is 0 Å². The zero-order chi connectivity index (χ0) is 10.8. The van der Waals surface area contributed by atoms with Crippen molar-refractivity contribution >= 4 is 29.3 Å². The standard InChI is InChI=1S/C8H12N2O3S/c1-12-6-10-8(14-3)9-5-4-7(11)13-2/h4-6H,1-3H3/b5-4+,9-8?,10-6?. The number of nitrogens with zero attached hydrogens (tertiary/aromatic N) is 2.